The number of amidine groups is 1. The molecule has 1 N–H and O–H groups in total. The number of aliphatic imine (C=N–C) groups is 1. The standard InChI is InChI=1S/C26H29ClN4O/c1-5-22-25(27)24(17(3)31-10-6-7-11-31)26(30-22)29-16(2)12-19-8-9-20-14-21(18(4)32)15-28-23(20)13-19/h8-9,13-15H,2,5-7,10-12H2,1,3-4H3,(H,29,30)/b24-17+. The highest BCUT2D eigenvalue weighted by Crippen LogP contribution is 2.34. The number of Topliss-reactive ketones (excluding diaryl/α,β-unsaturated/α-hetero) is 1. The Kier molecular flexibility index (Phi) is 6.47. The molecule has 0 saturated carbocycles. The second-order valence-corrected chi connectivity index (χ2v) is 8.82. The number of nitrogens with one attached hydrogen (secondary N) is 1. The second-order valence-electron chi connectivity index (χ2n) is 8.44. The van der Waals surface area contributed by atoms with E-state index in [-0.39, 0.29) is 5.78 Å². The summed E-state index contributed by atoms with van der Waals surface area (Å²) in [6, 6.07) is 7.97. The van der Waals surface area contributed by atoms with Crippen LogP contribution in [0.2, 0.25) is 0 Å². The average molecular weight is 449 g/mol. The van der Waals surface area contributed by atoms with E-state index < -0.39 is 0 Å². The van der Waals surface area contributed by atoms with Crippen molar-refractivity contribution in [1.29, 1.82) is 0 Å². The van der Waals surface area contributed by atoms with E-state index in [9.17, 15) is 4.79 Å². The zero-order valence-corrected chi connectivity index (χ0v) is 19.7. The minimum Gasteiger partial charge on any atom is -0.374 e. The largest absolute Gasteiger partial charge is 0.374 e. The fourth-order valence-corrected chi connectivity index (χ4v) is 4.68. The summed E-state index contributed by atoms with van der Waals surface area (Å²) in [5.41, 5.74) is 6.49. The first-order chi connectivity index (χ1) is 15.4. The normalized spacial score (nSPS) is 17.8. The van der Waals surface area contributed by atoms with Crippen molar-refractivity contribution in [3.05, 3.63) is 75.9 Å². The summed E-state index contributed by atoms with van der Waals surface area (Å²) in [6.45, 7) is 12.1. The highest BCUT2D eigenvalue weighted by Gasteiger charge is 2.27. The quantitative estimate of drug-likeness (QED) is 0.573. The molecular weight excluding hydrogens is 420 g/mol. The number of rotatable bonds is 6. The third-order valence-electron chi connectivity index (χ3n) is 6.10. The van der Waals surface area contributed by atoms with Gasteiger partial charge >= 0.3 is 0 Å². The summed E-state index contributed by atoms with van der Waals surface area (Å²) in [5.74, 6) is 0.802. The zero-order chi connectivity index (χ0) is 22.8. The molecule has 0 radical (unpaired) electrons. The van der Waals surface area contributed by atoms with Crippen molar-refractivity contribution in [2.75, 3.05) is 13.1 Å². The van der Waals surface area contributed by atoms with Gasteiger partial charge in [0.2, 0.25) is 0 Å². The number of halogens is 1. The van der Waals surface area contributed by atoms with Gasteiger partial charge in [0.15, 0.2) is 5.78 Å². The summed E-state index contributed by atoms with van der Waals surface area (Å²) in [6.07, 6.45) is 5.48. The molecule has 5 nitrogen and oxygen atoms in total. The zero-order valence-electron chi connectivity index (χ0n) is 19.0. The van der Waals surface area contributed by atoms with Crippen LogP contribution in [0.25, 0.3) is 10.9 Å². The number of likely N-dealkylation sites (tertiary alicyclic amines) is 1. The average Bonchev–Trinajstić information content (AvgIpc) is 3.41. The van der Waals surface area contributed by atoms with Crippen molar-refractivity contribution in [3.8, 4) is 0 Å². The molecule has 0 unspecified atom stereocenters. The summed E-state index contributed by atoms with van der Waals surface area (Å²) in [5, 5.41) is 5.12. The maximum absolute atomic E-state index is 11.6. The van der Waals surface area contributed by atoms with E-state index in [1.165, 1.54) is 18.5 Å². The fourth-order valence-electron chi connectivity index (χ4n) is 4.28. The number of carbonyl (C=O) groups excluding carboxylic acids is 1. The van der Waals surface area contributed by atoms with Gasteiger partial charge in [0.1, 0.15) is 5.84 Å². The first kappa shape index (κ1) is 22.3. The van der Waals surface area contributed by atoms with Crippen LogP contribution in [0.3, 0.4) is 0 Å². The fraction of sp³-hybridized carbons (Fsp3) is 0.346. The number of fused-ring (bicyclic) bond motifs is 1. The van der Waals surface area contributed by atoms with Gasteiger partial charge in [-0.1, -0.05) is 37.2 Å². The number of benzene rings is 1. The number of nitrogens with zero attached hydrogens (tertiary/aromatic N) is 3. The van der Waals surface area contributed by atoms with Gasteiger partial charge < -0.3 is 10.2 Å². The van der Waals surface area contributed by atoms with Gasteiger partial charge in [0, 0.05) is 48.1 Å². The Bertz CT molecular complexity index is 1190. The molecule has 166 valence electrons. The van der Waals surface area contributed by atoms with E-state index in [2.05, 4.69) is 35.6 Å². The summed E-state index contributed by atoms with van der Waals surface area (Å²) >= 11 is 6.73. The van der Waals surface area contributed by atoms with Crippen molar-refractivity contribution >= 4 is 34.1 Å². The molecular formula is C26H29ClN4O. The minimum absolute atomic E-state index is 0.0187. The Balaban J connectivity index is 1.53. The van der Waals surface area contributed by atoms with E-state index in [0.29, 0.717) is 12.0 Å². The Morgan fingerprint density at radius 2 is 1.97 bits per heavy atom. The lowest BCUT2D eigenvalue weighted by molar-refractivity contribution is 0.101. The molecule has 2 aliphatic rings. The van der Waals surface area contributed by atoms with Crippen LogP contribution < -0.4 is 5.32 Å². The number of hydrogen-bond donors (Lipinski definition) is 1. The number of hydrogen-bond acceptors (Lipinski definition) is 5. The number of pyridine rings is 1. The van der Waals surface area contributed by atoms with Crippen molar-refractivity contribution in [2.24, 2.45) is 4.99 Å². The molecule has 1 fully saturated rings. The molecule has 32 heavy (non-hydrogen) atoms. The van der Waals surface area contributed by atoms with Crippen molar-refractivity contribution in [1.82, 2.24) is 15.2 Å². The van der Waals surface area contributed by atoms with E-state index in [0.717, 1.165) is 63.8 Å². The predicted octanol–water partition coefficient (Wildman–Crippen LogP) is 5.73. The second kappa shape index (κ2) is 9.29. The van der Waals surface area contributed by atoms with Gasteiger partial charge in [-0.15, -0.1) is 0 Å². The van der Waals surface area contributed by atoms with Gasteiger partial charge in [-0.2, -0.15) is 0 Å². The van der Waals surface area contributed by atoms with E-state index in [1.807, 2.05) is 24.3 Å². The summed E-state index contributed by atoms with van der Waals surface area (Å²) in [7, 11) is 0. The first-order valence-corrected chi connectivity index (χ1v) is 11.5. The van der Waals surface area contributed by atoms with E-state index in [1.54, 1.807) is 13.1 Å². The lowest BCUT2D eigenvalue weighted by Gasteiger charge is -2.22. The van der Waals surface area contributed by atoms with E-state index in [4.69, 9.17) is 16.6 Å². The van der Waals surface area contributed by atoms with Crippen LogP contribution >= 0.6 is 11.6 Å². The predicted molar refractivity (Wildman–Crippen MR) is 132 cm³/mol. The number of allylic oxidation sites excluding steroid dienone is 3. The third-order valence-corrected chi connectivity index (χ3v) is 6.51. The van der Waals surface area contributed by atoms with Crippen LogP contribution in [-0.2, 0) is 6.42 Å². The molecule has 2 aromatic rings. The van der Waals surface area contributed by atoms with Crippen molar-refractivity contribution in [3.63, 3.8) is 0 Å². The number of ketones is 1. The molecule has 0 bridgehead atoms. The Labute approximate surface area is 194 Å². The summed E-state index contributed by atoms with van der Waals surface area (Å²) < 4.78 is 0. The number of carbonyl (C=O) groups is 1. The third kappa shape index (κ3) is 4.49. The molecule has 4 rings (SSSR count). The van der Waals surface area contributed by atoms with Gasteiger partial charge in [-0.3, -0.25) is 9.78 Å². The van der Waals surface area contributed by atoms with Crippen LogP contribution in [-0.4, -0.2) is 34.6 Å². The molecule has 0 atom stereocenters. The maximum Gasteiger partial charge on any atom is 0.161 e. The Morgan fingerprint density at radius 3 is 2.66 bits per heavy atom. The molecule has 0 amide bonds. The van der Waals surface area contributed by atoms with Gasteiger partial charge in [0.05, 0.1) is 21.8 Å². The minimum atomic E-state index is 0.0187. The Hall–Kier alpha value is -2.92. The van der Waals surface area contributed by atoms with Crippen LogP contribution in [0.4, 0.5) is 0 Å². The van der Waals surface area contributed by atoms with Crippen LogP contribution in [0, 0.1) is 0 Å². The lowest BCUT2D eigenvalue weighted by Crippen LogP contribution is -2.28. The van der Waals surface area contributed by atoms with Gasteiger partial charge in [-0.25, -0.2) is 4.99 Å². The lowest BCUT2D eigenvalue weighted by atomic mass is 10.0. The smallest absolute Gasteiger partial charge is 0.161 e. The van der Waals surface area contributed by atoms with Crippen LogP contribution in [0.5, 0.6) is 0 Å². The number of aromatic nitrogens is 1. The molecule has 1 saturated heterocycles. The van der Waals surface area contributed by atoms with Crippen LogP contribution in [0.1, 0.15) is 56.0 Å². The molecule has 6 heteroatoms. The van der Waals surface area contributed by atoms with Crippen LogP contribution in [0.15, 0.2) is 69.7 Å². The van der Waals surface area contributed by atoms with Gasteiger partial charge in [-0.05, 0) is 50.8 Å². The SMILES string of the molecule is C=C(Cc1ccc2cc(C(C)=O)cnc2c1)NC1=NC(CC)=C(Cl)/C1=C(/C)N1CCCC1. The Morgan fingerprint density at radius 1 is 1.22 bits per heavy atom. The molecule has 2 aliphatic heterocycles. The molecule has 1 aromatic heterocycles. The van der Waals surface area contributed by atoms with E-state index >= 15 is 0 Å². The topological polar surface area (TPSA) is 57.6 Å². The van der Waals surface area contributed by atoms with Gasteiger partial charge in [0.25, 0.3) is 0 Å². The summed E-state index contributed by atoms with van der Waals surface area (Å²) in [4.78, 5) is 23.2. The highest BCUT2D eigenvalue weighted by molar-refractivity contribution is 6.37. The first-order valence-electron chi connectivity index (χ1n) is 11.2. The molecule has 3 heterocycles. The molecule has 1 aromatic carbocycles. The molecule has 0 aliphatic carbocycles. The maximum atomic E-state index is 11.6. The molecule has 0 spiro atoms. The van der Waals surface area contributed by atoms with Crippen molar-refractivity contribution in [2.45, 2.75) is 46.5 Å². The highest BCUT2D eigenvalue weighted by atomic mass is 35.5. The van der Waals surface area contributed by atoms with Crippen molar-refractivity contribution < 1.29 is 4.79 Å². The monoisotopic (exact) mass is 448 g/mol.